The molecule has 11 nitrogen and oxygen atoms in total. The van der Waals surface area contributed by atoms with Gasteiger partial charge in [0.25, 0.3) is 5.69 Å². The maximum atomic E-state index is 12.5. The zero-order chi connectivity index (χ0) is 23.4. The fourth-order valence-electron chi connectivity index (χ4n) is 3.73. The molecular weight excluding hydrogens is 452 g/mol. The lowest BCUT2D eigenvalue weighted by molar-refractivity contribution is -0.384. The van der Waals surface area contributed by atoms with Crippen molar-refractivity contribution in [1.82, 2.24) is 14.5 Å². The van der Waals surface area contributed by atoms with E-state index in [4.69, 9.17) is 9.47 Å². The van der Waals surface area contributed by atoms with E-state index in [2.05, 4.69) is 9.62 Å². The number of nitrogens with one attached hydrogen (secondary N) is 1. The summed E-state index contributed by atoms with van der Waals surface area (Å²) in [5.41, 5.74) is 0.918. The minimum atomic E-state index is -3.85. The number of benzene rings is 2. The number of hydrogen-bond donors (Lipinski definition) is 1. The standard InChI is InChI=1S/C21H24N4O7S/c26-21(7-8-22-33(29,30)18-4-2-17(3-5-18)25(27)28)24-11-9-23(10-12-24)14-16-1-6-19-20(13-16)32-15-31-19/h1-6,13,22H,7-12,14-15H2. The van der Waals surface area contributed by atoms with Crippen LogP contribution in [0.1, 0.15) is 12.0 Å². The summed E-state index contributed by atoms with van der Waals surface area (Å²) in [5, 5.41) is 10.7. The van der Waals surface area contributed by atoms with Crippen LogP contribution >= 0.6 is 0 Å². The molecule has 0 unspecified atom stereocenters. The average Bonchev–Trinajstić information content (AvgIpc) is 3.27. The Labute approximate surface area is 191 Å². The Hall–Kier alpha value is -3.22. The smallest absolute Gasteiger partial charge is 0.269 e. The number of carbonyl (C=O) groups excluding carboxylic acids is 1. The third-order valence-corrected chi connectivity index (χ3v) is 7.03. The van der Waals surface area contributed by atoms with Crippen LogP contribution in [-0.2, 0) is 21.4 Å². The van der Waals surface area contributed by atoms with E-state index in [1.807, 2.05) is 18.2 Å². The molecule has 1 fully saturated rings. The number of carbonyl (C=O) groups is 1. The number of rotatable bonds is 8. The van der Waals surface area contributed by atoms with Crippen LogP contribution in [0.15, 0.2) is 47.4 Å². The van der Waals surface area contributed by atoms with E-state index in [0.29, 0.717) is 26.2 Å². The van der Waals surface area contributed by atoms with Gasteiger partial charge in [-0.3, -0.25) is 19.8 Å². The van der Waals surface area contributed by atoms with Gasteiger partial charge in [0.05, 0.1) is 9.82 Å². The third-order valence-electron chi connectivity index (χ3n) is 5.56. The van der Waals surface area contributed by atoms with Gasteiger partial charge in [-0.25, -0.2) is 13.1 Å². The fraction of sp³-hybridized carbons (Fsp3) is 0.381. The lowest BCUT2D eigenvalue weighted by Crippen LogP contribution is -2.48. The van der Waals surface area contributed by atoms with Gasteiger partial charge >= 0.3 is 0 Å². The average molecular weight is 477 g/mol. The maximum absolute atomic E-state index is 12.5. The van der Waals surface area contributed by atoms with Crippen LogP contribution in [0.25, 0.3) is 0 Å². The molecule has 1 N–H and O–H groups in total. The highest BCUT2D eigenvalue weighted by atomic mass is 32.2. The van der Waals surface area contributed by atoms with E-state index in [-0.39, 0.29) is 36.2 Å². The van der Waals surface area contributed by atoms with E-state index in [1.165, 1.54) is 12.1 Å². The van der Waals surface area contributed by atoms with Crippen molar-refractivity contribution >= 4 is 21.6 Å². The summed E-state index contributed by atoms with van der Waals surface area (Å²) >= 11 is 0. The van der Waals surface area contributed by atoms with E-state index in [9.17, 15) is 23.3 Å². The first kappa shape index (κ1) is 23.0. The predicted molar refractivity (Wildman–Crippen MR) is 117 cm³/mol. The van der Waals surface area contributed by atoms with Gasteiger partial charge in [-0.15, -0.1) is 0 Å². The molecule has 4 rings (SSSR count). The number of nitrogens with zero attached hydrogens (tertiary/aromatic N) is 3. The van der Waals surface area contributed by atoms with Crippen molar-refractivity contribution in [3.05, 3.63) is 58.1 Å². The van der Waals surface area contributed by atoms with E-state index in [0.717, 1.165) is 35.7 Å². The number of fused-ring (bicyclic) bond motifs is 1. The second kappa shape index (κ2) is 9.73. The number of non-ortho nitro benzene ring substituents is 1. The van der Waals surface area contributed by atoms with Crippen LogP contribution in [0.2, 0.25) is 0 Å². The molecule has 0 saturated carbocycles. The zero-order valence-corrected chi connectivity index (χ0v) is 18.6. The van der Waals surface area contributed by atoms with E-state index >= 15 is 0 Å². The Morgan fingerprint density at radius 3 is 2.42 bits per heavy atom. The Bertz CT molecular complexity index is 1130. The normalized spacial score (nSPS) is 16.1. The molecule has 0 spiro atoms. The van der Waals surface area contributed by atoms with E-state index < -0.39 is 14.9 Å². The molecular formula is C21H24N4O7S. The monoisotopic (exact) mass is 476 g/mol. The Balaban J connectivity index is 1.21. The number of sulfonamides is 1. The highest BCUT2D eigenvalue weighted by molar-refractivity contribution is 7.89. The molecule has 2 aromatic carbocycles. The quantitative estimate of drug-likeness (QED) is 0.446. The molecule has 1 saturated heterocycles. The van der Waals surface area contributed by atoms with Crippen molar-refractivity contribution in [3.63, 3.8) is 0 Å². The van der Waals surface area contributed by atoms with Gasteiger partial charge in [0.1, 0.15) is 0 Å². The largest absolute Gasteiger partial charge is 0.454 e. The minimum Gasteiger partial charge on any atom is -0.454 e. The molecule has 2 heterocycles. The van der Waals surface area contributed by atoms with Gasteiger partial charge in [0.2, 0.25) is 22.7 Å². The second-order valence-electron chi connectivity index (χ2n) is 7.74. The number of piperazine rings is 1. The highest BCUT2D eigenvalue weighted by Crippen LogP contribution is 2.32. The van der Waals surface area contributed by atoms with Crippen LogP contribution in [0.5, 0.6) is 11.5 Å². The third kappa shape index (κ3) is 5.59. The summed E-state index contributed by atoms with van der Waals surface area (Å²) in [6.07, 6.45) is 0.0361. The van der Waals surface area contributed by atoms with Crippen LogP contribution < -0.4 is 14.2 Å². The summed E-state index contributed by atoms with van der Waals surface area (Å²) in [6, 6.07) is 10.5. The minimum absolute atomic E-state index is 0.0361. The van der Waals surface area contributed by atoms with Crippen molar-refractivity contribution in [2.24, 2.45) is 0 Å². The first-order chi connectivity index (χ1) is 15.8. The van der Waals surface area contributed by atoms with Crippen molar-refractivity contribution < 1.29 is 27.6 Å². The highest BCUT2D eigenvalue weighted by Gasteiger charge is 2.23. The van der Waals surface area contributed by atoms with Gasteiger partial charge in [-0.1, -0.05) is 6.07 Å². The second-order valence-corrected chi connectivity index (χ2v) is 9.51. The zero-order valence-electron chi connectivity index (χ0n) is 17.8. The van der Waals surface area contributed by atoms with Gasteiger partial charge in [0, 0.05) is 57.8 Å². The number of amides is 1. The summed E-state index contributed by atoms with van der Waals surface area (Å²) in [5.74, 6) is 1.37. The lowest BCUT2D eigenvalue weighted by Gasteiger charge is -2.34. The summed E-state index contributed by atoms with van der Waals surface area (Å²) in [6.45, 7) is 3.51. The molecule has 176 valence electrons. The van der Waals surface area contributed by atoms with Crippen LogP contribution in [-0.4, -0.2) is 68.6 Å². The number of nitro groups is 1. The molecule has 0 aromatic heterocycles. The van der Waals surface area contributed by atoms with Crippen LogP contribution in [0.3, 0.4) is 0 Å². The molecule has 1 amide bonds. The Kier molecular flexibility index (Phi) is 6.77. The van der Waals surface area contributed by atoms with Crippen molar-refractivity contribution in [1.29, 1.82) is 0 Å². The molecule has 0 radical (unpaired) electrons. The molecule has 0 atom stereocenters. The number of ether oxygens (including phenoxy) is 2. The molecule has 2 aliphatic rings. The lowest BCUT2D eigenvalue weighted by atomic mass is 10.1. The molecule has 33 heavy (non-hydrogen) atoms. The molecule has 0 bridgehead atoms. The predicted octanol–water partition coefficient (Wildman–Crippen LogP) is 1.34. The summed E-state index contributed by atoms with van der Waals surface area (Å²) in [4.78, 5) is 26.5. The fourth-order valence-corrected chi connectivity index (χ4v) is 4.77. The van der Waals surface area contributed by atoms with Crippen LogP contribution in [0.4, 0.5) is 5.69 Å². The van der Waals surface area contributed by atoms with Crippen molar-refractivity contribution in [2.75, 3.05) is 39.5 Å². The van der Waals surface area contributed by atoms with Gasteiger partial charge in [-0.2, -0.15) is 0 Å². The topological polar surface area (TPSA) is 131 Å². The number of nitro benzene ring substituents is 1. The van der Waals surface area contributed by atoms with Gasteiger partial charge in [-0.05, 0) is 29.8 Å². The molecule has 2 aromatic rings. The number of hydrogen-bond acceptors (Lipinski definition) is 8. The summed E-state index contributed by atoms with van der Waals surface area (Å²) < 4.78 is 37.8. The Morgan fingerprint density at radius 1 is 1.03 bits per heavy atom. The first-order valence-electron chi connectivity index (χ1n) is 10.4. The molecule has 0 aliphatic carbocycles. The SMILES string of the molecule is O=C(CCNS(=O)(=O)c1ccc([N+](=O)[O-])cc1)N1CCN(Cc2ccc3c(c2)OCO3)CC1. The van der Waals surface area contributed by atoms with Crippen molar-refractivity contribution in [2.45, 2.75) is 17.9 Å². The van der Waals surface area contributed by atoms with Gasteiger partial charge in [0.15, 0.2) is 11.5 Å². The Morgan fingerprint density at radius 2 is 1.73 bits per heavy atom. The van der Waals surface area contributed by atoms with Crippen molar-refractivity contribution in [3.8, 4) is 11.5 Å². The summed E-state index contributed by atoms with van der Waals surface area (Å²) in [7, 11) is -3.85. The molecule has 12 heteroatoms. The van der Waals surface area contributed by atoms with Gasteiger partial charge < -0.3 is 14.4 Å². The molecule has 2 aliphatic heterocycles. The maximum Gasteiger partial charge on any atom is 0.269 e. The van der Waals surface area contributed by atoms with E-state index in [1.54, 1.807) is 4.90 Å². The first-order valence-corrected chi connectivity index (χ1v) is 11.9. The van der Waals surface area contributed by atoms with Crippen LogP contribution in [0, 0.1) is 10.1 Å².